The molecule has 0 spiro atoms. The second-order valence-electron chi connectivity index (χ2n) is 7.80. The van der Waals surface area contributed by atoms with Crippen molar-refractivity contribution in [3.05, 3.63) is 0 Å². The highest BCUT2D eigenvalue weighted by atomic mass is 16.5. The number of nitrogens with zero attached hydrogens (tertiary/aromatic N) is 2. The predicted molar refractivity (Wildman–Crippen MR) is 108 cm³/mol. The molecule has 4 heteroatoms. The lowest BCUT2D eigenvalue weighted by Crippen LogP contribution is -2.49. The van der Waals surface area contributed by atoms with Crippen molar-refractivity contribution < 1.29 is 9.84 Å². The Hall–Kier alpha value is -0.630. The molecule has 1 N–H and O–H groups in total. The average Bonchev–Trinajstić information content (AvgIpc) is 2.67. The summed E-state index contributed by atoms with van der Waals surface area (Å²) in [6.45, 7) is 5.77. The Morgan fingerprint density at radius 2 is 1.46 bits per heavy atom. The number of ether oxygens (including phenoxy) is 1. The zero-order chi connectivity index (χ0) is 18.9. The number of unbranched alkanes of at least 4 members (excludes halogenated alkanes) is 10. The monoisotopic (exact) mass is 366 g/mol. The summed E-state index contributed by atoms with van der Waals surface area (Å²) < 4.78 is 5.50. The zero-order valence-electron chi connectivity index (χ0n) is 17.1. The highest BCUT2D eigenvalue weighted by molar-refractivity contribution is 4.81. The fourth-order valence-electron chi connectivity index (χ4n) is 3.94. The molecule has 1 aliphatic rings. The molecule has 0 aromatic rings. The molecule has 1 heterocycles. The number of hydrogen-bond donors (Lipinski definition) is 1. The van der Waals surface area contributed by atoms with Gasteiger partial charge in [-0.05, 0) is 19.3 Å². The van der Waals surface area contributed by atoms with Gasteiger partial charge in [-0.1, -0.05) is 71.1 Å². The standard InChI is InChI=1S/C22H42N2O2/c1-2-3-4-5-9-12-15-22(25)21(24-17-19-26-20-18-24)14-11-8-6-7-10-13-16-23/h21-22,25H,2-15,17-20H2,1H3. The largest absolute Gasteiger partial charge is 0.391 e. The molecule has 0 aliphatic carbocycles. The van der Waals surface area contributed by atoms with Gasteiger partial charge in [0.25, 0.3) is 0 Å². The first-order valence-electron chi connectivity index (χ1n) is 11.2. The highest BCUT2D eigenvalue weighted by Crippen LogP contribution is 2.20. The normalized spacial score (nSPS) is 17.7. The van der Waals surface area contributed by atoms with Crippen molar-refractivity contribution in [1.82, 2.24) is 4.90 Å². The number of hydrogen-bond acceptors (Lipinski definition) is 4. The van der Waals surface area contributed by atoms with Crippen LogP contribution in [0.5, 0.6) is 0 Å². The number of morpholine rings is 1. The molecule has 0 radical (unpaired) electrons. The van der Waals surface area contributed by atoms with Crippen LogP contribution in [0.1, 0.15) is 96.8 Å². The lowest BCUT2D eigenvalue weighted by atomic mass is 9.96. The molecule has 0 bridgehead atoms. The summed E-state index contributed by atoms with van der Waals surface area (Å²) in [5.74, 6) is 0. The molecular formula is C22H42N2O2. The number of aliphatic hydroxyl groups excluding tert-OH is 1. The van der Waals surface area contributed by atoms with Crippen LogP contribution in [0.15, 0.2) is 0 Å². The van der Waals surface area contributed by atoms with Gasteiger partial charge in [0.15, 0.2) is 0 Å². The molecule has 1 aliphatic heterocycles. The van der Waals surface area contributed by atoms with Gasteiger partial charge in [0.1, 0.15) is 0 Å². The summed E-state index contributed by atoms with van der Waals surface area (Å²) in [6, 6.07) is 2.52. The molecule has 1 rings (SSSR count). The summed E-state index contributed by atoms with van der Waals surface area (Å²) in [7, 11) is 0. The minimum Gasteiger partial charge on any atom is -0.391 e. The minimum absolute atomic E-state index is 0.196. The van der Waals surface area contributed by atoms with E-state index in [1.807, 2.05) is 0 Å². The predicted octanol–water partition coefficient (Wildman–Crippen LogP) is 5.05. The van der Waals surface area contributed by atoms with Crippen molar-refractivity contribution in [3.63, 3.8) is 0 Å². The molecule has 0 saturated carbocycles. The number of nitriles is 1. The molecule has 1 saturated heterocycles. The third-order valence-electron chi connectivity index (χ3n) is 5.60. The minimum atomic E-state index is -0.196. The summed E-state index contributed by atoms with van der Waals surface area (Å²) in [4.78, 5) is 2.46. The molecule has 4 nitrogen and oxygen atoms in total. The second kappa shape index (κ2) is 16.5. The smallest absolute Gasteiger partial charge is 0.0695 e. The van der Waals surface area contributed by atoms with E-state index in [0.29, 0.717) is 12.5 Å². The first-order valence-corrected chi connectivity index (χ1v) is 11.2. The Labute approximate surface area is 161 Å². The van der Waals surface area contributed by atoms with Gasteiger partial charge in [0, 0.05) is 25.6 Å². The summed E-state index contributed by atoms with van der Waals surface area (Å²) in [6.07, 6.45) is 16.0. The molecule has 0 aromatic carbocycles. The van der Waals surface area contributed by atoms with Crippen molar-refractivity contribution in [2.45, 2.75) is 109 Å². The molecule has 152 valence electrons. The zero-order valence-corrected chi connectivity index (χ0v) is 17.1. The average molecular weight is 367 g/mol. The van der Waals surface area contributed by atoms with Gasteiger partial charge in [-0.25, -0.2) is 0 Å². The summed E-state index contributed by atoms with van der Waals surface area (Å²) >= 11 is 0. The molecule has 0 aromatic heterocycles. The van der Waals surface area contributed by atoms with E-state index in [0.717, 1.165) is 58.4 Å². The lowest BCUT2D eigenvalue weighted by molar-refractivity contribution is -0.0276. The van der Waals surface area contributed by atoms with Crippen LogP contribution in [0.25, 0.3) is 0 Å². The van der Waals surface area contributed by atoms with Crippen molar-refractivity contribution in [2.24, 2.45) is 0 Å². The van der Waals surface area contributed by atoms with Gasteiger partial charge >= 0.3 is 0 Å². The Balaban J connectivity index is 2.27. The number of rotatable bonds is 16. The van der Waals surface area contributed by atoms with E-state index in [9.17, 15) is 5.11 Å². The highest BCUT2D eigenvalue weighted by Gasteiger charge is 2.26. The van der Waals surface area contributed by atoms with Gasteiger partial charge in [-0.2, -0.15) is 5.26 Å². The van der Waals surface area contributed by atoms with Crippen LogP contribution in [-0.4, -0.2) is 48.5 Å². The Morgan fingerprint density at radius 3 is 2.12 bits per heavy atom. The Bertz CT molecular complexity index is 351. The first-order chi connectivity index (χ1) is 12.8. The van der Waals surface area contributed by atoms with Crippen LogP contribution >= 0.6 is 0 Å². The maximum absolute atomic E-state index is 10.8. The van der Waals surface area contributed by atoms with Crippen molar-refractivity contribution in [3.8, 4) is 6.07 Å². The topological polar surface area (TPSA) is 56.5 Å². The fraction of sp³-hybridized carbons (Fsp3) is 0.955. The van der Waals surface area contributed by atoms with Crippen LogP contribution in [0.3, 0.4) is 0 Å². The SMILES string of the molecule is CCCCCCCCC(O)C(CCCCCCCC#N)N1CCOCC1. The van der Waals surface area contributed by atoms with E-state index >= 15 is 0 Å². The number of aliphatic hydroxyl groups is 1. The molecule has 1 fully saturated rings. The van der Waals surface area contributed by atoms with Gasteiger partial charge in [0.2, 0.25) is 0 Å². The van der Waals surface area contributed by atoms with E-state index < -0.39 is 0 Å². The Morgan fingerprint density at radius 1 is 0.885 bits per heavy atom. The van der Waals surface area contributed by atoms with E-state index in [-0.39, 0.29) is 6.10 Å². The third kappa shape index (κ3) is 11.2. The fourth-order valence-corrected chi connectivity index (χ4v) is 3.94. The maximum atomic E-state index is 10.8. The molecule has 26 heavy (non-hydrogen) atoms. The van der Waals surface area contributed by atoms with Crippen molar-refractivity contribution >= 4 is 0 Å². The van der Waals surface area contributed by atoms with Crippen LogP contribution in [0.2, 0.25) is 0 Å². The van der Waals surface area contributed by atoms with Gasteiger partial charge in [0.05, 0.1) is 25.4 Å². The summed E-state index contributed by atoms with van der Waals surface area (Å²) in [5, 5.41) is 19.4. The van der Waals surface area contributed by atoms with Crippen LogP contribution in [0, 0.1) is 11.3 Å². The van der Waals surface area contributed by atoms with Crippen molar-refractivity contribution in [2.75, 3.05) is 26.3 Å². The molecular weight excluding hydrogens is 324 g/mol. The lowest BCUT2D eigenvalue weighted by Gasteiger charge is -2.37. The van der Waals surface area contributed by atoms with E-state index in [1.54, 1.807) is 0 Å². The van der Waals surface area contributed by atoms with Crippen LogP contribution < -0.4 is 0 Å². The maximum Gasteiger partial charge on any atom is 0.0695 e. The van der Waals surface area contributed by atoms with Gasteiger partial charge < -0.3 is 9.84 Å². The van der Waals surface area contributed by atoms with E-state index in [4.69, 9.17) is 10.00 Å². The van der Waals surface area contributed by atoms with E-state index in [2.05, 4.69) is 17.9 Å². The first kappa shape index (κ1) is 23.4. The second-order valence-corrected chi connectivity index (χ2v) is 7.80. The van der Waals surface area contributed by atoms with Crippen LogP contribution in [-0.2, 0) is 4.74 Å². The van der Waals surface area contributed by atoms with Crippen LogP contribution in [0.4, 0.5) is 0 Å². The third-order valence-corrected chi connectivity index (χ3v) is 5.60. The van der Waals surface area contributed by atoms with Gasteiger partial charge in [-0.3, -0.25) is 4.90 Å². The van der Waals surface area contributed by atoms with E-state index in [1.165, 1.54) is 51.4 Å². The van der Waals surface area contributed by atoms with Crippen molar-refractivity contribution in [1.29, 1.82) is 5.26 Å². The molecule has 2 unspecified atom stereocenters. The Kier molecular flexibility index (Phi) is 14.9. The molecule has 0 amide bonds. The quantitative estimate of drug-likeness (QED) is 0.388. The van der Waals surface area contributed by atoms with Gasteiger partial charge in [-0.15, -0.1) is 0 Å². The summed E-state index contributed by atoms with van der Waals surface area (Å²) in [5.41, 5.74) is 0. The molecule has 2 atom stereocenters.